The molecule has 0 amide bonds. The molecule has 1 saturated carbocycles. The van der Waals surface area contributed by atoms with Crippen molar-refractivity contribution < 1.29 is 14.8 Å². The maximum atomic E-state index is 10.8. The molecule has 1 aliphatic carbocycles. The number of aliphatic hydroxyl groups is 1. The van der Waals surface area contributed by atoms with Gasteiger partial charge in [-0.2, -0.15) is 0 Å². The molecule has 1 heterocycles. The van der Waals surface area contributed by atoms with Crippen LogP contribution in [-0.2, 0) is 7.05 Å². The number of aryl methyl sites for hydroxylation is 1. The van der Waals surface area contributed by atoms with Crippen LogP contribution in [0.1, 0.15) is 25.7 Å². The van der Waals surface area contributed by atoms with Gasteiger partial charge in [-0.3, -0.25) is 14.8 Å². The fourth-order valence-corrected chi connectivity index (χ4v) is 2.25. The first-order valence-electron chi connectivity index (χ1n) is 6.05. The summed E-state index contributed by atoms with van der Waals surface area (Å²) in [5, 5.41) is 23.8. The van der Waals surface area contributed by atoms with Crippen LogP contribution in [0.4, 0.5) is 5.69 Å². The summed E-state index contributed by atoms with van der Waals surface area (Å²) in [4.78, 5) is 10.3. The van der Waals surface area contributed by atoms with E-state index in [1.54, 1.807) is 7.05 Å². The van der Waals surface area contributed by atoms with Gasteiger partial charge in [-0.15, -0.1) is 5.10 Å². The summed E-state index contributed by atoms with van der Waals surface area (Å²) >= 11 is 0. The monoisotopic (exact) mass is 255 g/mol. The van der Waals surface area contributed by atoms with Crippen LogP contribution in [-0.4, -0.2) is 32.5 Å². The molecule has 0 bridgehead atoms. The van der Waals surface area contributed by atoms with Crippen molar-refractivity contribution in [2.45, 2.75) is 31.8 Å². The van der Waals surface area contributed by atoms with Crippen LogP contribution >= 0.6 is 0 Å². The largest absolute Gasteiger partial charge is 0.468 e. The number of hydrogen-bond donors (Lipinski definition) is 1. The highest BCUT2D eigenvalue weighted by Gasteiger charge is 2.27. The van der Waals surface area contributed by atoms with Gasteiger partial charge in [-0.05, 0) is 31.6 Å². The summed E-state index contributed by atoms with van der Waals surface area (Å²) in [6, 6.07) is 0. The Morgan fingerprint density at radius 2 is 2.22 bits per heavy atom. The Morgan fingerprint density at radius 3 is 2.78 bits per heavy atom. The first-order chi connectivity index (χ1) is 8.60. The highest BCUT2D eigenvalue weighted by atomic mass is 16.6. The predicted molar refractivity (Wildman–Crippen MR) is 63.3 cm³/mol. The SMILES string of the molecule is Cn1cc([N+](=O)[O-])c(OC2CCC(CO)CC2)n1. The average Bonchev–Trinajstić information content (AvgIpc) is 2.71. The van der Waals surface area contributed by atoms with Gasteiger partial charge >= 0.3 is 11.6 Å². The number of aromatic nitrogens is 2. The third-order valence-electron chi connectivity index (χ3n) is 3.30. The van der Waals surface area contributed by atoms with Gasteiger partial charge in [-0.25, -0.2) is 0 Å². The Balaban J connectivity index is 2.00. The van der Waals surface area contributed by atoms with Crippen molar-refractivity contribution in [3.8, 4) is 5.88 Å². The molecule has 0 saturated heterocycles. The molecule has 7 nitrogen and oxygen atoms in total. The molecule has 100 valence electrons. The van der Waals surface area contributed by atoms with E-state index in [0.29, 0.717) is 5.92 Å². The molecule has 0 aromatic carbocycles. The Hall–Kier alpha value is -1.63. The first kappa shape index (κ1) is 12.8. The Morgan fingerprint density at radius 1 is 1.56 bits per heavy atom. The van der Waals surface area contributed by atoms with Gasteiger partial charge in [0, 0.05) is 13.7 Å². The smallest absolute Gasteiger partial charge is 0.350 e. The molecule has 0 atom stereocenters. The van der Waals surface area contributed by atoms with E-state index >= 15 is 0 Å². The molecule has 1 fully saturated rings. The fraction of sp³-hybridized carbons (Fsp3) is 0.727. The van der Waals surface area contributed by atoms with Crippen molar-refractivity contribution in [3.05, 3.63) is 16.3 Å². The molecule has 0 radical (unpaired) electrons. The standard InChI is InChI=1S/C11H17N3O4/c1-13-6-10(14(16)17)11(12-13)18-9-4-2-8(7-15)3-5-9/h6,8-9,15H,2-5,7H2,1H3. The van der Waals surface area contributed by atoms with Crippen LogP contribution in [0.5, 0.6) is 5.88 Å². The van der Waals surface area contributed by atoms with E-state index < -0.39 is 4.92 Å². The number of rotatable bonds is 4. The van der Waals surface area contributed by atoms with E-state index in [1.165, 1.54) is 10.9 Å². The molecular formula is C11H17N3O4. The van der Waals surface area contributed by atoms with Gasteiger partial charge in [0.2, 0.25) is 0 Å². The van der Waals surface area contributed by atoms with Gasteiger partial charge in [-0.1, -0.05) is 0 Å². The lowest BCUT2D eigenvalue weighted by molar-refractivity contribution is -0.386. The Labute approximate surface area is 105 Å². The second-order valence-corrected chi connectivity index (χ2v) is 4.69. The zero-order chi connectivity index (χ0) is 13.1. The summed E-state index contributed by atoms with van der Waals surface area (Å²) in [5.41, 5.74) is -0.0956. The normalized spacial score (nSPS) is 23.9. The maximum Gasteiger partial charge on any atom is 0.350 e. The average molecular weight is 255 g/mol. The van der Waals surface area contributed by atoms with E-state index in [2.05, 4.69) is 5.10 Å². The van der Waals surface area contributed by atoms with Crippen molar-refractivity contribution in [1.82, 2.24) is 9.78 Å². The molecule has 2 rings (SSSR count). The molecule has 1 aliphatic rings. The predicted octanol–water partition coefficient (Wildman–Crippen LogP) is 1.26. The van der Waals surface area contributed by atoms with Crippen LogP contribution in [0.25, 0.3) is 0 Å². The summed E-state index contributed by atoms with van der Waals surface area (Å²) in [6.07, 6.45) is 4.69. The summed E-state index contributed by atoms with van der Waals surface area (Å²) < 4.78 is 6.99. The number of nitrogens with zero attached hydrogens (tertiary/aromatic N) is 3. The highest BCUT2D eigenvalue weighted by Crippen LogP contribution is 2.30. The lowest BCUT2D eigenvalue weighted by Crippen LogP contribution is -2.25. The molecule has 1 aromatic heterocycles. The zero-order valence-electron chi connectivity index (χ0n) is 10.3. The Kier molecular flexibility index (Phi) is 3.81. The summed E-state index contributed by atoms with van der Waals surface area (Å²) in [5.74, 6) is 0.429. The molecule has 0 spiro atoms. The van der Waals surface area contributed by atoms with E-state index in [1.807, 2.05) is 0 Å². The number of ether oxygens (including phenoxy) is 1. The molecule has 0 aliphatic heterocycles. The summed E-state index contributed by atoms with van der Waals surface area (Å²) in [7, 11) is 1.63. The van der Waals surface area contributed by atoms with Gasteiger partial charge in [0.25, 0.3) is 0 Å². The lowest BCUT2D eigenvalue weighted by atomic mass is 9.88. The van der Waals surface area contributed by atoms with Crippen LogP contribution < -0.4 is 4.74 Å². The topological polar surface area (TPSA) is 90.4 Å². The van der Waals surface area contributed by atoms with E-state index in [9.17, 15) is 10.1 Å². The van der Waals surface area contributed by atoms with E-state index in [-0.39, 0.29) is 24.3 Å². The summed E-state index contributed by atoms with van der Waals surface area (Å²) in [6.45, 7) is 0.205. The van der Waals surface area contributed by atoms with Crippen molar-refractivity contribution in [3.63, 3.8) is 0 Å². The van der Waals surface area contributed by atoms with Gasteiger partial charge < -0.3 is 9.84 Å². The molecular weight excluding hydrogens is 238 g/mol. The van der Waals surface area contributed by atoms with Gasteiger partial charge in [0.15, 0.2) is 0 Å². The number of aliphatic hydroxyl groups excluding tert-OH is 1. The number of hydrogen-bond acceptors (Lipinski definition) is 5. The van der Waals surface area contributed by atoms with Gasteiger partial charge in [0.1, 0.15) is 12.3 Å². The van der Waals surface area contributed by atoms with Crippen LogP contribution in [0, 0.1) is 16.0 Å². The zero-order valence-corrected chi connectivity index (χ0v) is 10.3. The van der Waals surface area contributed by atoms with Crippen LogP contribution in [0.2, 0.25) is 0 Å². The Bertz CT molecular complexity index is 424. The minimum Gasteiger partial charge on any atom is -0.468 e. The van der Waals surface area contributed by atoms with Crippen molar-refractivity contribution in [2.75, 3.05) is 6.61 Å². The molecule has 1 aromatic rings. The quantitative estimate of drug-likeness (QED) is 0.646. The van der Waals surface area contributed by atoms with Crippen molar-refractivity contribution in [1.29, 1.82) is 0 Å². The van der Waals surface area contributed by atoms with Gasteiger partial charge in [0.05, 0.1) is 4.92 Å². The van der Waals surface area contributed by atoms with Crippen LogP contribution in [0.15, 0.2) is 6.20 Å². The second kappa shape index (κ2) is 5.34. The second-order valence-electron chi connectivity index (χ2n) is 4.69. The molecule has 18 heavy (non-hydrogen) atoms. The maximum absolute atomic E-state index is 10.8. The number of nitro groups is 1. The van der Waals surface area contributed by atoms with Crippen molar-refractivity contribution in [2.24, 2.45) is 13.0 Å². The molecule has 0 unspecified atom stereocenters. The minimum atomic E-state index is -0.484. The molecule has 7 heteroatoms. The minimum absolute atomic E-state index is 0.0404. The van der Waals surface area contributed by atoms with E-state index in [0.717, 1.165) is 25.7 Å². The van der Waals surface area contributed by atoms with Crippen LogP contribution in [0.3, 0.4) is 0 Å². The molecule has 1 N–H and O–H groups in total. The third-order valence-corrected chi connectivity index (χ3v) is 3.30. The first-order valence-corrected chi connectivity index (χ1v) is 6.05. The lowest BCUT2D eigenvalue weighted by Gasteiger charge is -2.26. The highest BCUT2D eigenvalue weighted by molar-refractivity contribution is 5.38. The van der Waals surface area contributed by atoms with Crippen molar-refractivity contribution >= 4 is 5.69 Å². The third kappa shape index (κ3) is 2.79. The van der Waals surface area contributed by atoms with E-state index in [4.69, 9.17) is 9.84 Å². The fourth-order valence-electron chi connectivity index (χ4n) is 2.25.